The van der Waals surface area contributed by atoms with Crippen LogP contribution >= 0.6 is 0 Å². The summed E-state index contributed by atoms with van der Waals surface area (Å²) in [6, 6.07) is 6.78. The van der Waals surface area contributed by atoms with Crippen molar-refractivity contribution in [3.63, 3.8) is 0 Å². The van der Waals surface area contributed by atoms with E-state index in [2.05, 4.69) is 5.32 Å². The summed E-state index contributed by atoms with van der Waals surface area (Å²) in [5.41, 5.74) is 0. The normalized spacial score (nSPS) is 20.0. The van der Waals surface area contributed by atoms with Crippen LogP contribution in [0.25, 0.3) is 0 Å². The summed E-state index contributed by atoms with van der Waals surface area (Å²) >= 11 is 0. The molecule has 1 atom stereocenters. The molecule has 116 valence electrons. The number of amides is 1. The third-order valence-electron chi connectivity index (χ3n) is 3.11. The highest BCUT2D eigenvalue weighted by atomic mass is 32.2. The Morgan fingerprint density at radius 3 is 2.52 bits per heavy atom. The van der Waals surface area contributed by atoms with Crippen LogP contribution in [0.5, 0.6) is 11.5 Å². The first-order chi connectivity index (χ1) is 10.00. The van der Waals surface area contributed by atoms with Gasteiger partial charge in [0.1, 0.15) is 0 Å². The van der Waals surface area contributed by atoms with Gasteiger partial charge in [-0.3, -0.25) is 4.79 Å². The van der Waals surface area contributed by atoms with Crippen LogP contribution in [0.3, 0.4) is 0 Å². The van der Waals surface area contributed by atoms with E-state index in [1.807, 2.05) is 13.0 Å². The summed E-state index contributed by atoms with van der Waals surface area (Å²) in [7, 11) is -3.00. The molecule has 1 heterocycles. The van der Waals surface area contributed by atoms with E-state index in [1.165, 1.54) is 0 Å². The summed E-state index contributed by atoms with van der Waals surface area (Å²) in [6.07, 6.45) is 0.462. The fourth-order valence-electron chi connectivity index (χ4n) is 2.17. The molecule has 6 nitrogen and oxygen atoms in total. The van der Waals surface area contributed by atoms with Crippen molar-refractivity contribution in [2.24, 2.45) is 0 Å². The van der Waals surface area contributed by atoms with Gasteiger partial charge < -0.3 is 14.8 Å². The molecule has 0 saturated carbocycles. The second-order valence-corrected chi connectivity index (χ2v) is 7.06. The van der Waals surface area contributed by atoms with Crippen LogP contribution in [-0.2, 0) is 14.6 Å². The number of rotatable bonds is 6. The molecule has 0 unspecified atom stereocenters. The van der Waals surface area contributed by atoms with Crippen molar-refractivity contribution >= 4 is 15.7 Å². The Labute approximate surface area is 124 Å². The fourth-order valence-corrected chi connectivity index (χ4v) is 3.84. The third-order valence-corrected chi connectivity index (χ3v) is 4.87. The van der Waals surface area contributed by atoms with Crippen molar-refractivity contribution in [1.29, 1.82) is 0 Å². The van der Waals surface area contributed by atoms with Gasteiger partial charge >= 0.3 is 0 Å². The van der Waals surface area contributed by atoms with Crippen molar-refractivity contribution in [3.8, 4) is 11.5 Å². The molecule has 0 spiro atoms. The topological polar surface area (TPSA) is 81.7 Å². The smallest absolute Gasteiger partial charge is 0.258 e. The van der Waals surface area contributed by atoms with E-state index in [1.54, 1.807) is 18.2 Å². The van der Waals surface area contributed by atoms with Crippen molar-refractivity contribution in [1.82, 2.24) is 5.32 Å². The van der Waals surface area contributed by atoms with E-state index >= 15 is 0 Å². The van der Waals surface area contributed by atoms with Gasteiger partial charge in [0, 0.05) is 6.04 Å². The molecule has 7 heteroatoms. The number of ether oxygens (including phenoxy) is 2. The Balaban J connectivity index is 1.84. The fraction of sp³-hybridized carbons (Fsp3) is 0.500. The minimum Gasteiger partial charge on any atom is -0.490 e. The molecule has 2 rings (SSSR count). The Morgan fingerprint density at radius 1 is 1.29 bits per heavy atom. The van der Waals surface area contributed by atoms with Gasteiger partial charge in [0.2, 0.25) is 0 Å². The maximum absolute atomic E-state index is 11.8. The zero-order chi connectivity index (χ0) is 15.3. The molecule has 1 fully saturated rings. The van der Waals surface area contributed by atoms with Gasteiger partial charge in [-0.25, -0.2) is 8.42 Å². The first-order valence-electron chi connectivity index (χ1n) is 6.84. The predicted octanol–water partition coefficient (Wildman–Crippen LogP) is 0.767. The van der Waals surface area contributed by atoms with E-state index in [0.717, 1.165) is 0 Å². The molecule has 1 saturated heterocycles. The molecular weight excluding hydrogens is 294 g/mol. The number of sulfone groups is 1. The lowest BCUT2D eigenvalue weighted by atomic mass is 10.2. The molecule has 0 radical (unpaired) electrons. The monoisotopic (exact) mass is 313 g/mol. The number of hydrogen-bond acceptors (Lipinski definition) is 5. The van der Waals surface area contributed by atoms with Crippen molar-refractivity contribution in [2.75, 3.05) is 24.7 Å². The van der Waals surface area contributed by atoms with Crippen LogP contribution in [0.15, 0.2) is 24.3 Å². The molecule has 21 heavy (non-hydrogen) atoms. The minimum atomic E-state index is -3.00. The second kappa shape index (κ2) is 6.80. The summed E-state index contributed by atoms with van der Waals surface area (Å²) in [5, 5.41) is 2.67. The van der Waals surface area contributed by atoms with Gasteiger partial charge in [0.05, 0.1) is 18.1 Å². The standard InChI is InChI=1S/C14H19NO5S/c1-2-19-12-5-3-4-6-13(12)20-9-14(16)15-11-7-8-21(17,18)10-11/h3-6,11H,2,7-10H2,1H3,(H,15,16)/t11-/m1/s1. The molecule has 0 aromatic heterocycles. The highest BCUT2D eigenvalue weighted by Gasteiger charge is 2.28. The molecule has 0 bridgehead atoms. The molecule has 1 aliphatic heterocycles. The van der Waals surface area contributed by atoms with Crippen LogP contribution in [0.4, 0.5) is 0 Å². The van der Waals surface area contributed by atoms with E-state index in [9.17, 15) is 13.2 Å². The summed E-state index contributed by atoms with van der Waals surface area (Å²) in [5.74, 6) is 0.883. The lowest BCUT2D eigenvalue weighted by molar-refractivity contribution is -0.123. The van der Waals surface area contributed by atoms with Crippen LogP contribution in [0.2, 0.25) is 0 Å². The van der Waals surface area contributed by atoms with Crippen LogP contribution in [0.1, 0.15) is 13.3 Å². The van der Waals surface area contributed by atoms with Gasteiger partial charge in [-0.15, -0.1) is 0 Å². The largest absolute Gasteiger partial charge is 0.490 e. The maximum Gasteiger partial charge on any atom is 0.258 e. The highest BCUT2D eigenvalue weighted by Crippen LogP contribution is 2.26. The Kier molecular flexibility index (Phi) is 5.06. The number of nitrogens with one attached hydrogen (secondary N) is 1. The molecule has 1 aliphatic rings. The molecule has 1 aromatic carbocycles. The zero-order valence-electron chi connectivity index (χ0n) is 11.9. The van der Waals surface area contributed by atoms with Crippen molar-refractivity contribution < 1.29 is 22.7 Å². The highest BCUT2D eigenvalue weighted by molar-refractivity contribution is 7.91. The number of hydrogen-bond donors (Lipinski definition) is 1. The minimum absolute atomic E-state index is 0.00821. The maximum atomic E-state index is 11.8. The van der Waals surface area contributed by atoms with Crippen molar-refractivity contribution in [3.05, 3.63) is 24.3 Å². The van der Waals surface area contributed by atoms with Crippen LogP contribution in [0, 0.1) is 0 Å². The Hall–Kier alpha value is -1.76. The average molecular weight is 313 g/mol. The quantitative estimate of drug-likeness (QED) is 0.839. The third kappa shape index (κ3) is 4.63. The Morgan fingerprint density at radius 2 is 1.95 bits per heavy atom. The zero-order valence-corrected chi connectivity index (χ0v) is 12.7. The number of para-hydroxylation sites is 2. The van der Waals surface area contributed by atoms with Crippen LogP contribution in [-0.4, -0.2) is 45.1 Å². The number of carbonyl (C=O) groups is 1. The van der Waals surface area contributed by atoms with Crippen LogP contribution < -0.4 is 14.8 Å². The van der Waals surface area contributed by atoms with E-state index in [0.29, 0.717) is 24.5 Å². The van der Waals surface area contributed by atoms with E-state index in [4.69, 9.17) is 9.47 Å². The number of benzene rings is 1. The van der Waals surface area contributed by atoms with Gasteiger partial charge in [0.25, 0.3) is 5.91 Å². The first-order valence-corrected chi connectivity index (χ1v) is 8.66. The summed E-state index contributed by atoms with van der Waals surface area (Å²) in [4.78, 5) is 11.8. The Bertz CT molecular complexity index is 599. The van der Waals surface area contributed by atoms with Gasteiger partial charge in [-0.05, 0) is 25.5 Å². The summed E-state index contributed by atoms with van der Waals surface area (Å²) < 4.78 is 33.5. The van der Waals surface area contributed by atoms with Gasteiger partial charge in [0.15, 0.2) is 27.9 Å². The SMILES string of the molecule is CCOc1ccccc1OCC(=O)N[C@@H]1CCS(=O)(=O)C1. The average Bonchev–Trinajstić information content (AvgIpc) is 2.77. The molecular formula is C14H19NO5S. The molecule has 1 amide bonds. The molecule has 1 aromatic rings. The first kappa shape index (κ1) is 15.6. The lowest BCUT2D eigenvalue weighted by Crippen LogP contribution is -2.38. The second-order valence-electron chi connectivity index (χ2n) is 4.84. The number of carbonyl (C=O) groups excluding carboxylic acids is 1. The van der Waals surface area contributed by atoms with E-state index in [-0.39, 0.29) is 30.1 Å². The van der Waals surface area contributed by atoms with Crippen molar-refractivity contribution in [2.45, 2.75) is 19.4 Å². The van der Waals surface area contributed by atoms with Gasteiger partial charge in [-0.2, -0.15) is 0 Å². The molecule has 1 N–H and O–H groups in total. The lowest BCUT2D eigenvalue weighted by Gasteiger charge is -2.13. The van der Waals surface area contributed by atoms with E-state index < -0.39 is 9.84 Å². The van der Waals surface area contributed by atoms with Gasteiger partial charge in [-0.1, -0.05) is 12.1 Å². The predicted molar refractivity (Wildman–Crippen MR) is 78.3 cm³/mol. The molecule has 0 aliphatic carbocycles. The summed E-state index contributed by atoms with van der Waals surface area (Å²) in [6.45, 7) is 2.21.